The van der Waals surface area contributed by atoms with Crippen LogP contribution in [0.1, 0.15) is 26.7 Å². The lowest BCUT2D eigenvalue weighted by Gasteiger charge is -2.33. The van der Waals surface area contributed by atoms with E-state index in [2.05, 4.69) is 6.92 Å². The first-order valence-electron chi connectivity index (χ1n) is 10.2. The Morgan fingerprint density at radius 1 is 1.17 bits per heavy atom. The highest BCUT2D eigenvalue weighted by atomic mass is 32.2. The van der Waals surface area contributed by atoms with Gasteiger partial charge in [0.25, 0.3) is 0 Å². The van der Waals surface area contributed by atoms with Gasteiger partial charge in [-0.3, -0.25) is 4.79 Å². The molecule has 1 saturated heterocycles. The molecular formula is C23H25FN2O3S. The third-order valence-electron chi connectivity index (χ3n) is 5.80. The zero-order valence-corrected chi connectivity index (χ0v) is 18.0. The summed E-state index contributed by atoms with van der Waals surface area (Å²) in [5.74, 6) is -0.0220. The first kappa shape index (κ1) is 20.6. The highest BCUT2D eigenvalue weighted by molar-refractivity contribution is 7.91. The van der Waals surface area contributed by atoms with Crippen LogP contribution in [0, 0.1) is 11.7 Å². The topological polar surface area (TPSA) is 59.4 Å². The summed E-state index contributed by atoms with van der Waals surface area (Å²) >= 11 is 0. The maximum absolute atomic E-state index is 15.1. The van der Waals surface area contributed by atoms with Gasteiger partial charge >= 0.3 is 0 Å². The summed E-state index contributed by atoms with van der Waals surface area (Å²) < 4.78 is 42.9. The van der Waals surface area contributed by atoms with Gasteiger partial charge in [-0.15, -0.1) is 0 Å². The maximum Gasteiger partial charge on any atom is 0.211 e. The molecule has 1 aliphatic rings. The Labute approximate surface area is 175 Å². The second-order valence-corrected chi connectivity index (χ2v) is 9.86. The number of pyridine rings is 1. The molecule has 0 saturated carbocycles. The van der Waals surface area contributed by atoms with Crippen molar-refractivity contribution in [2.45, 2.75) is 43.0 Å². The molecule has 0 aliphatic carbocycles. The van der Waals surface area contributed by atoms with E-state index in [4.69, 9.17) is 0 Å². The number of aromatic nitrogens is 1. The quantitative estimate of drug-likeness (QED) is 0.624. The van der Waals surface area contributed by atoms with Crippen molar-refractivity contribution in [1.29, 1.82) is 0 Å². The fourth-order valence-corrected chi connectivity index (χ4v) is 5.59. The molecular weight excluding hydrogens is 403 g/mol. The lowest BCUT2D eigenvalue weighted by atomic mass is 9.99. The van der Waals surface area contributed by atoms with Gasteiger partial charge in [0.2, 0.25) is 15.3 Å². The molecule has 1 aromatic heterocycles. The number of rotatable bonds is 4. The van der Waals surface area contributed by atoms with Crippen LogP contribution < -0.4 is 10.3 Å². The van der Waals surface area contributed by atoms with E-state index in [0.29, 0.717) is 23.7 Å². The molecule has 0 spiro atoms. The van der Waals surface area contributed by atoms with Crippen molar-refractivity contribution >= 4 is 26.4 Å². The third-order valence-corrected chi connectivity index (χ3v) is 7.56. The van der Waals surface area contributed by atoms with Crippen molar-refractivity contribution in [2.75, 3.05) is 18.0 Å². The Hall–Kier alpha value is -2.67. The molecule has 3 aromatic rings. The molecule has 1 atom stereocenters. The number of anilines is 1. The summed E-state index contributed by atoms with van der Waals surface area (Å²) in [6.07, 6.45) is 3.49. The van der Waals surface area contributed by atoms with Crippen molar-refractivity contribution in [2.24, 2.45) is 5.92 Å². The van der Waals surface area contributed by atoms with Crippen LogP contribution in [-0.4, -0.2) is 26.1 Å². The van der Waals surface area contributed by atoms with E-state index in [1.807, 2.05) is 11.8 Å². The number of hydrogen-bond donors (Lipinski definition) is 0. The lowest BCUT2D eigenvalue weighted by Crippen LogP contribution is -2.35. The molecule has 4 rings (SSSR count). The van der Waals surface area contributed by atoms with E-state index in [1.54, 1.807) is 28.8 Å². The maximum atomic E-state index is 15.1. The number of benzene rings is 2. The minimum absolute atomic E-state index is 0.0449. The van der Waals surface area contributed by atoms with Crippen LogP contribution in [0.3, 0.4) is 0 Å². The van der Waals surface area contributed by atoms with Gasteiger partial charge < -0.3 is 9.47 Å². The van der Waals surface area contributed by atoms with Gasteiger partial charge in [0.15, 0.2) is 0 Å². The Morgan fingerprint density at radius 3 is 2.57 bits per heavy atom. The molecule has 0 unspecified atom stereocenters. The smallest absolute Gasteiger partial charge is 0.211 e. The molecule has 5 nitrogen and oxygen atoms in total. The Bertz CT molecular complexity index is 1250. The molecule has 0 bridgehead atoms. The molecule has 0 radical (unpaired) electrons. The van der Waals surface area contributed by atoms with Crippen LogP contribution in [0.5, 0.6) is 0 Å². The normalized spacial score (nSPS) is 17.4. The van der Waals surface area contributed by atoms with Gasteiger partial charge in [-0.2, -0.15) is 0 Å². The van der Waals surface area contributed by atoms with Crippen molar-refractivity contribution in [3.05, 3.63) is 64.7 Å². The predicted octanol–water partition coefficient (Wildman–Crippen LogP) is 4.23. The number of sulfone groups is 1. The van der Waals surface area contributed by atoms with Gasteiger partial charge in [-0.1, -0.05) is 25.1 Å². The predicted molar refractivity (Wildman–Crippen MR) is 116 cm³/mol. The summed E-state index contributed by atoms with van der Waals surface area (Å²) in [6, 6.07) is 10.7. The Morgan fingerprint density at radius 2 is 1.90 bits per heavy atom. The standard InChI is InChI=1S/C23H25FN2O3S/c1-3-25-15-22(30(28,29)17-9-5-4-6-10-17)23(27)18-12-19(24)21(13-20(18)25)26-11-7-8-16(2)14-26/h4-6,9-10,12-13,15-16H,3,7-8,11,14H2,1-2H3/t16-/m1/s1. The van der Waals surface area contributed by atoms with Crippen molar-refractivity contribution in [1.82, 2.24) is 4.57 Å². The molecule has 30 heavy (non-hydrogen) atoms. The van der Waals surface area contributed by atoms with E-state index < -0.39 is 21.1 Å². The van der Waals surface area contributed by atoms with Gasteiger partial charge in [0.05, 0.1) is 21.5 Å². The van der Waals surface area contributed by atoms with E-state index >= 15 is 4.39 Å². The SMILES string of the molecule is CCn1cc(S(=O)(=O)c2ccccc2)c(=O)c2cc(F)c(N3CCC[C@@H](C)C3)cc21. The van der Waals surface area contributed by atoms with E-state index in [1.165, 1.54) is 24.4 Å². The van der Waals surface area contributed by atoms with Crippen LogP contribution in [0.2, 0.25) is 0 Å². The molecule has 7 heteroatoms. The number of hydrogen-bond acceptors (Lipinski definition) is 4. The van der Waals surface area contributed by atoms with Crippen molar-refractivity contribution < 1.29 is 12.8 Å². The summed E-state index contributed by atoms with van der Waals surface area (Å²) in [6.45, 7) is 6.00. The number of piperidine rings is 1. The fourth-order valence-electron chi connectivity index (χ4n) is 4.20. The van der Waals surface area contributed by atoms with Gasteiger partial charge in [-0.25, -0.2) is 12.8 Å². The summed E-state index contributed by atoms with van der Waals surface area (Å²) in [7, 11) is -4.01. The largest absolute Gasteiger partial charge is 0.369 e. The summed E-state index contributed by atoms with van der Waals surface area (Å²) in [5, 5.41) is 0.0835. The molecule has 2 aromatic carbocycles. The van der Waals surface area contributed by atoms with E-state index in [-0.39, 0.29) is 15.2 Å². The molecule has 2 heterocycles. The van der Waals surface area contributed by atoms with E-state index in [0.717, 1.165) is 25.9 Å². The number of halogens is 1. The van der Waals surface area contributed by atoms with E-state index in [9.17, 15) is 13.2 Å². The van der Waals surface area contributed by atoms with Crippen LogP contribution in [0.4, 0.5) is 10.1 Å². The minimum Gasteiger partial charge on any atom is -0.369 e. The highest BCUT2D eigenvalue weighted by Gasteiger charge is 2.25. The van der Waals surface area contributed by atoms with Gasteiger partial charge in [-0.05, 0) is 49.9 Å². The zero-order chi connectivity index (χ0) is 21.5. The first-order valence-corrected chi connectivity index (χ1v) is 11.7. The second-order valence-electron chi connectivity index (χ2n) is 7.94. The van der Waals surface area contributed by atoms with Crippen LogP contribution in [-0.2, 0) is 16.4 Å². The zero-order valence-electron chi connectivity index (χ0n) is 17.1. The third kappa shape index (κ3) is 3.51. The number of fused-ring (bicyclic) bond motifs is 1. The Kier molecular flexibility index (Phi) is 5.40. The summed E-state index contributed by atoms with van der Waals surface area (Å²) in [5.41, 5.74) is 0.342. The molecule has 158 valence electrons. The molecule has 0 N–H and O–H groups in total. The van der Waals surface area contributed by atoms with Gasteiger partial charge in [0, 0.05) is 25.8 Å². The molecule has 1 fully saturated rings. The Balaban J connectivity index is 1.92. The monoisotopic (exact) mass is 428 g/mol. The highest BCUT2D eigenvalue weighted by Crippen LogP contribution is 2.30. The average molecular weight is 429 g/mol. The number of aryl methyl sites for hydroxylation is 1. The molecule has 0 amide bonds. The van der Waals surface area contributed by atoms with Gasteiger partial charge in [0.1, 0.15) is 10.7 Å². The van der Waals surface area contributed by atoms with Crippen LogP contribution in [0.25, 0.3) is 10.9 Å². The van der Waals surface area contributed by atoms with Crippen molar-refractivity contribution in [3.63, 3.8) is 0 Å². The molecule has 1 aliphatic heterocycles. The minimum atomic E-state index is -4.01. The van der Waals surface area contributed by atoms with Crippen molar-refractivity contribution in [3.8, 4) is 0 Å². The van der Waals surface area contributed by atoms with Crippen LogP contribution >= 0.6 is 0 Å². The first-order chi connectivity index (χ1) is 14.3. The average Bonchev–Trinajstić information content (AvgIpc) is 2.74. The summed E-state index contributed by atoms with van der Waals surface area (Å²) in [4.78, 5) is 14.9. The lowest BCUT2D eigenvalue weighted by molar-refractivity contribution is 0.442. The fraction of sp³-hybridized carbons (Fsp3) is 0.348. The van der Waals surface area contributed by atoms with Crippen LogP contribution in [0.15, 0.2) is 63.2 Å². The second kappa shape index (κ2) is 7.87. The number of nitrogens with zero attached hydrogens (tertiary/aromatic N) is 2.